The average molecular weight is 286 g/mol. The highest BCUT2D eigenvalue weighted by Crippen LogP contribution is 2.29. The Labute approximate surface area is 121 Å². The molecule has 0 spiro atoms. The summed E-state index contributed by atoms with van der Waals surface area (Å²) >= 11 is 5.05. The molecular weight excluding hydrogens is 260 g/mol. The summed E-state index contributed by atoms with van der Waals surface area (Å²) in [6.45, 7) is 6.08. The van der Waals surface area contributed by atoms with Gasteiger partial charge in [-0.25, -0.2) is 0 Å². The molecule has 0 saturated heterocycles. The van der Waals surface area contributed by atoms with Crippen LogP contribution >= 0.6 is 12.2 Å². The maximum Gasteiger partial charge on any atom is 0.233 e. The summed E-state index contributed by atoms with van der Waals surface area (Å²) in [5.74, 6) is 0.740. The fourth-order valence-corrected chi connectivity index (χ4v) is 2.49. The fraction of sp³-hybridized carbons (Fsp3) is 0.857. The number of nitrogens with one attached hydrogen (secondary N) is 1. The monoisotopic (exact) mass is 286 g/mol. The minimum Gasteiger partial charge on any atom is -0.392 e. The van der Waals surface area contributed by atoms with Gasteiger partial charge in [0.15, 0.2) is 0 Å². The van der Waals surface area contributed by atoms with Crippen LogP contribution in [0.15, 0.2) is 0 Å². The summed E-state index contributed by atoms with van der Waals surface area (Å²) < 4.78 is 5.52. The Kier molecular flexibility index (Phi) is 6.72. The smallest absolute Gasteiger partial charge is 0.233 e. The van der Waals surface area contributed by atoms with Crippen LogP contribution in [0.2, 0.25) is 0 Å². The van der Waals surface area contributed by atoms with Gasteiger partial charge in [-0.3, -0.25) is 4.79 Å². The number of carbonyl (C=O) groups excluding carboxylic acids is 1. The Morgan fingerprint density at radius 2 is 2.05 bits per heavy atom. The number of amides is 1. The Morgan fingerprint density at radius 3 is 2.53 bits per heavy atom. The van der Waals surface area contributed by atoms with Gasteiger partial charge >= 0.3 is 0 Å². The molecule has 0 aromatic rings. The van der Waals surface area contributed by atoms with Crippen LogP contribution in [0.5, 0.6) is 0 Å². The van der Waals surface area contributed by atoms with Crippen molar-refractivity contribution in [1.82, 2.24) is 5.32 Å². The fourth-order valence-electron chi connectivity index (χ4n) is 2.11. The topological polar surface area (TPSA) is 64.3 Å². The molecule has 1 fully saturated rings. The summed E-state index contributed by atoms with van der Waals surface area (Å²) in [6.07, 6.45) is 4.73. The van der Waals surface area contributed by atoms with Gasteiger partial charge in [-0.05, 0) is 38.0 Å². The van der Waals surface area contributed by atoms with Crippen molar-refractivity contribution >= 4 is 23.1 Å². The van der Waals surface area contributed by atoms with Crippen LogP contribution in [0.4, 0.5) is 0 Å². The van der Waals surface area contributed by atoms with E-state index in [2.05, 4.69) is 5.32 Å². The maximum absolute atomic E-state index is 12.2. The molecule has 0 aromatic heterocycles. The third kappa shape index (κ3) is 4.73. The molecule has 1 rings (SSSR count). The molecule has 0 aliphatic heterocycles. The number of nitrogens with two attached hydrogens (primary N) is 1. The van der Waals surface area contributed by atoms with Gasteiger partial charge in [0.05, 0.1) is 10.4 Å². The Balaban J connectivity index is 2.21. The summed E-state index contributed by atoms with van der Waals surface area (Å²) in [6, 6.07) is 0. The van der Waals surface area contributed by atoms with Crippen LogP contribution in [0.1, 0.15) is 46.0 Å². The zero-order valence-electron chi connectivity index (χ0n) is 12.0. The molecule has 5 heteroatoms. The molecule has 0 aromatic carbocycles. The highest BCUT2D eigenvalue weighted by molar-refractivity contribution is 7.80. The first-order valence-electron chi connectivity index (χ1n) is 7.22. The molecular formula is C14H26N2O2S. The first kappa shape index (κ1) is 16.4. The Bertz CT molecular complexity index is 313. The van der Waals surface area contributed by atoms with E-state index < -0.39 is 5.41 Å². The summed E-state index contributed by atoms with van der Waals surface area (Å²) in [4.78, 5) is 12.5. The van der Waals surface area contributed by atoms with Crippen LogP contribution in [0.3, 0.4) is 0 Å². The largest absolute Gasteiger partial charge is 0.392 e. The number of hydrogen-bond acceptors (Lipinski definition) is 3. The van der Waals surface area contributed by atoms with Gasteiger partial charge in [0, 0.05) is 19.8 Å². The Morgan fingerprint density at radius 1 is 1.42 bits per heavy atom. The molecule has 3 N–H and O–H groups in total. The minimum atomic E-state index is -0.690. The van der Waals surface area contributed by atoms with Gasteiger partial charge in [-0.15, -0.1) is 0 Å². The first-order valence-corrected chi connectivity index (χ1v) is 7.63. The predicted octanol–water partition coefficient (Wildman–Crippen LogP) is 2.01. The molecule has 1 saturated carbocycles. The number of carbonyl (C=O) groups is 1. The number of ether oxygens (including phenoxy) is 1. The van der Waals surface area contributed by atoms with E-state index in [4.69, 9.17) is 22.7 Å². The van der Waals surface area contributed by atoms with Crippen molar-refractivity contribution in [3.8, 4) is 0 Å². The third-order valence-electron chi connectivity index (χ3n) is 3.91. The van der Waals surface area contributed by atoms with Crippen molar-refractivity contribution < 1.29 is 9.53 Å². The van der Waals surface area contributed by atoms with Crippen molar-refractivity contribution in [2.24, 2.45) is 17.1 Å². The van der Waals surface area contributed by atoms with Crippen molar-refractivity contribution in [2.45, 2.75) is 46.0 Å². The van der Waals surface area contributed by atoms with E-state index in [1.807, 2.05) is 13.8 Å². The number of thiocarbonyl (C=S) groups is 1. The van der Waals surface area contributed by atoms with Gasteiger partial charge < -0.3 is 15.8 Å². The second kappa shape index (κ2) is 7.80. The molecule has 0 atom stereocenters. The van der Waals surface area contributed by atoms with E-state index in [0.29, 0.717) is 31.0 Å². The lowest BCUT2D eigenvalue weighted by Gasteiger charge is -2.28. The molecule has 110 valence electrons. The zero-order valence-corrected chi connectivity index (χ0v) is 12.9. The van der Waals surface area contributed by atoms with Crippen LogP contribution in [0, 0.1) is 11.3 Å². The molecule has 1 amide bonds. The summed E-state index contributed by atoms with van der Waals surface area (Å²) in [5.41, 5.74) is 5.04. The molecule has 0 bridgehead atoms. The highest BCUT2D eigenvalue weighted by Gasteiger charge is 2.37. The SMILES string of the molecule is CCC(CC)(C(=O)NCCCOCC1CC1)C(N)=S. The molecule has 1 aliphatic rings. The van der Waals surface area contributed by atoms with Gasteiger partial charge in [0.1, 0.15) is 0 Å². The van der Waals surface area contributed by atoms with Crippen molar-refractivity contribution in [3.05, 3.63) is 0 Å². The second-order valence-electron chi connectivity index (χ2n) is 5.28. The number of hydrogen-bond donors (Lipinski definition) is 2. The van der Waals surface area contributed by atoms with Crippen molar-refractivity contribution in [2.75, 3.05) is 19.8 Å². The molecule has 4 nitrogen and oxygen atoms in total. The van der Waals surface area contributed by atoms with Gasteiger partial charge in [-0.2, -0.15) is 0 Å². The van der Waals surface area contributed by atoms with Crippen molar-refractivity contribution in [3.63, 3.8) is 0 Å². The standard InChI is InChI=1S/C14H26N2O2S/c1-3-14(4-2,12(15)19)13(17)16-8-5-9-18-10-11-6-7-11/h11H,3-10H2,1-2H3,(H2,15,19)(H,16,17). The minimum absolute atomic E-state index is 0.0489. The van der Waals surface area contributed by atoms with E-state index in [9.17, 15) is 4.79 Å². The van der Waals surface area contributed by atoms with Gasteiger partial charge in [0.25, 0.3) is 0 Å². The normalized spacial score (nSPS) is 15.3. The van der Waals surface area contributed by atoms with Crippen LogP contribution in [-0.4, -0.2) is 30.7 Å². The highest BCUT2D eigenvalue weighted by atomic mass is 32.1. The zero-order chi connectivity index (χ0) is 14.3. The first-order chi connectivity index (χ1) is 9.06. The predicted molar refractivity (Wildman–Crippen MR) is 81.0 cm³/mol. The summed E-state index contributed by atoms with van der Waals surface area (Å²) in [7, 11) is 0. The quantitative estimate of drug-likeness (QED) is 0.476. The van der Waals surface area contributed by atoms with E-state index in [0.717, 1.165) is 18.9 Å². The summed E-state index contributed by atoms with van der Waals surface area (Å²) in [5, 5.41) is 2.92. The van der Waals surface area contributed by atoms with E-state index >= 15 is 0 Å². The lowest BCUT2D eigenvalue weighted by atomic mass is 9.81. The molecule has 0 radical (unpaired) electrons. The van der Waals surface area contributed by atoms with Gasteiger partial charge in [-0.1, -0.05) is 26.1 Å². The third-order valence-corrected chi connectivity index (χ3v) is 4.31. The van der Waals surface area contributed by atoms with Crippen molar-refractivity contribution in [1.29, 1.82) is 0 Å². The molecule has 0 heterocycles. The van der Waals surface area contributed by atoms with Gasteiger partial charge in [0.2, 0.25) is 5.91 Å². The van der Waals surface area contributed by atoms with E-state index in [-0.39, 0.29) is 5.91 Å². The second-order valence-corrected chi connectivity index (χ2v) is 5.72. The number of rotatable bonds is 10. The van der Waals surface area contributed by atoms with Crippen LogP contribution in [0.25, 0.3) is 0 Å². The lowest BCUT2D eigenvalue weighted by molar-refractivity contribution is -0.127. The molecule has 19 heavy (non-hydrogen) atoms. The molecule has 1 aliphatic carbocycles. The van der Waals surface area contributed by atoms with Crippen LogP contribution in [-0.2, 0) is 9.53 Å². The molecule has 0 unspecified atom stereocenters. The van der Waals surface area contributed by atoms with E-state index in [1.54, 1.807) is 0 Å². The Hall–Kier alpha value is -0.680. The average Bonchev–Trinajstić information content (AvgIpc) is 3.19. The maximum atomic E-state index is 12.2. The van der Waals surface area contributed by atoms with Crippen LogP contribution < -0.4 is 11.1 Å². The van der Waals surface area contributed by atoms with E-state index in [1.165, 1.54) is 12.8 Å². The lowest BCUT2D eigenvalue weighted by Crippen LogP contribution is -2.48.